The Labute approximate surface area is 112 Å². The second kappa shape index (κ2) is 5.32. The van der Waals surface area contributed by atoms with Gasteiger partial charge in [0.15, 0.2) is 5.69 Å². The standard InChI is InChI=1S/C13H8FN3O3/c14-12-8(6-15)2-1-3-9(12)7-17-11(18)5-4-10(16-17)13(19)20/h1-5H,7H2,(H,19,20). The highest BCUT2D eigenvalue weighted by molar-refractivity contribution is 5.84. The molecule has 2 rings (SSSR count). The Morgan fingerprint density at radius 1 is 1.40 bits per heavy atom. The van der Waals surface area contributed by atoms with Crippen molar-refractivity contribution in [3.8, 4) is 6.07 Å². The first-order valence-electron chi connectivity index (χ1n) is 5.52. The van der Waals surface area contributed by atoms with Crippen LogP contribution in [-0.2, 0) is 6.54 Å². The number of hydrogen-bond acceptors (Lipinski definition) is 4. The Morgan fingerprint density at radius 2 is 2.15 bits per heavy atom. The third-order valence-electron chi connectivity index (χ3n) is 2.61. The maximum Gasteiger partial charge on any atom is 0.356 e. The predicted octanol–water partition coefficient (Wildman–Crippen LogP) is 1.00. The van der Waals surface area contributed by atoms with E-state index in [1.807, 2.05) is 0 Å². The van der Waals surface area contributed by atoms with Gasteiger partial charge < -0.3 is 5.11 Å². The number of halogens is 1. The molecule has 1 heterocycles. The van der Waals surface area contributed by atoms with Gasteiger partial charge in [0.1, 0.15) is 11.9 Å². The molecule has 0 saturated carbocycles. The summed E-state index contributed by atoms with van der Waals surface area (Å²) in [6.45, 7) is -0.249. The van der Waals surface area contributed by atoms with Crippen molar-refractivity contribution in [2.24, 2.45) is 0 Å². The van der Waals surface area contributed by atoms with Gasteiger partial charge in [-0.05, 0) is 12.1 Å². The van der Waals surface area contributed by atoms with E-state index in [0.717, 1.165) is 16.8 Å². The molecule has 0 atom stereocenters. The van der Waals surface area contributed by atoms with Crippen molar-refractivity contribution in [1.29, 1.82) is 5.26 Å². The fraction of sp³-hybridized carbons (Fsp3) is 0.0769. The average molecular weight is 273 g/mol. The Morgan fingerprint density at radius 3 is 2.80 bits per heavy atom. The van der Waals surface area contributed by atoms with E-state index in [0.29, 0.717) is 0 Å². The van der Waals surface area contributed by atoms with Gasteiger partial charge in [-0.2, -0.15) is 10.4 Å². The minimum atomic E-state index is -1.29. The molecule has 0 amide bonds. The minimum absolute atomic E-state index is 0.0844. The van der Waals surface area contributed by atoms with Crippen LogP contribution in [0.4, 0.5) is 4.39 Å². The van der Waals surface area contributed by atoms with E-state index in [9.17, 15) is 14.0 Å². The lowest BCUT2D eigenvalue weighted by Crippen LogP contribution is -2.25. The van der Waals surface area contributed by atoms with Crippen molar-refractivity contribution in [2.45, 2.75) is 6.54 Å². The monoisotopic (exact) mass is 273 g/mol. The van der Waals surface area contributed by atoms with Crippen molar-refractivity contribution in [3.05, 3.63) is 63.3 Å². The fourth-order valence-corrected chi connectivity index (χ4v) is 1.63. The largest absolute Gasteiger partial charge is 0.476 e. The lowest BCUT2D eigenvalue weighted by atomic mass is 10.1. The molecule has 0 aliphatic heterocycles. The molecule has 20 heavy (non-hydrogen) atoms. The normalized spacial score (nSPS) is 10.0. The van der Waals surface area contributed by atoms with Crippen LogP contribution in [0.1, 0.15) is 21.6 Å². The van der Waals surface area contributed by atoms with Gasteiger partial charge in [0.05, 0.1) is 12.1 Å². The summed E-state index contributed by atoms with van der Waals surface area (Å²) in [4.78, 5) is 22.4. The van der Waals surface area contributed by atoms with E-state index >= 15 is 0 Å². The molecule has 0 unspecified atom stereocenters. The van der Waals surface area contributed by atoms with Crippen LogP contribution < -0.4 is 5.56 Å². The van der Waals surface area contributed by atoms with Crippen molar-refractivity contribution in [1.82, 2.24) is 9.78 Å². The highest BCUT2D eigenvalue weighted by Crippen LogP contribution is 2.12. The molecule has 2 aromatic rings. The quantitative estimate of drug-likeness (QED) is 0.899. The third kappa shape index (κ3) is 2.54. The lowest BCUT2D eigenvalue weighted by molar-refractivity contribution is 0.0687. The van der Waals surface area contributed by atoms with Gasteiger partial charge in [0.25, 0.3) is 5.56 Å². The number of rotatable bonds is 3. The zero-order valence-corrected chi connectivity index (χ0v) is 10.1. The van der Waals surface area contributed by atoms with Gasteiger partial charge in [0.2, 0.25) is 0 Å². The molecule has 0 saturated heterocycles. The van der Waals surface area contributed by atoms with E-state index in [2.05, 4.69) is 5.10 Å². The number of benzene rings is 1. The third-order valence-corrected chi connectivity index (χ3v) is 2.61. The minimum Gasteiger partial charge on any atom is -0.476 e. The summed E-state index contributed by atoms with van der Waals surface area (Å²) in [6.07, 6.45) is 0. The molecule has 6 nitrogen and oxygen atoms in total. The van der Waals surface area contributed by atoms with Crippen LogP contribution in [0.5, 0.6) is 0 Å². The number of nitrogens with zero attached hydrogens (tertiary/aromatic N) is 3. The predicted molar refractivity (Wildman–Crippen MR) is 65.7 cm³/mol. The number of aromatic nitrogens is 2. The van der Waals surface area contributed by atoms with E-state index in [1.165, 1.54) is 18.2 Å². The van der Waals surface area contributed by atoms with Gasteiger partial charge in [-0.15, -0.1) is 0 Å². The summed E-state index contributed by atoms with van der Waals surface area (Å²) in [6, 6.07) is 7.99. The molecule has 0 aliphatic rings. The Balaban J connectivity index is 2.45. The van der Waals surface area contributed by atoms with E-state index < -0.39 is 17.3 Å². The number of carboxylic acid groups (broad SMARTS) is 1. The molecule has 1 aromatic carbocycles. The van der Waals surface area contributed by atoms with Crippen LogP contribution in [0.2, 0.25) is 0 Å². The fourth-order valence-electron chi connectivity index (χ4n) is 1.63. The molecule has 0 radical (unpaired) electrons. The van der Waals surface area contributed by atoms with Crippen molar-refractivity contribution in [2.75, 3.05) is 0 Å². The molecule has 1 aromatic heterocycles. The van der Waals surface area contributed by atoms with Crippen LogP contribution in [0.15, 0.2) is 35.1 Å². The number of nitriles is 1. The van der Waals surface area contributed by atoms with Gasteiger partial charge >= 0.3 is 5.97 Å². The van der Waals surface area contributed by atoms with Crippen molar-refractivity contribution in [3.63, 3.8) is 0 Å². The van der Waals surface area contributed by atoms with Gasteiger partial charge in [-0.25, -0.2) is 13.9 Å². The van der Waals surface area contributed by atoms with Crippen LogP contribution in [0.3, 0.4) is 0 Å². The summed E-state index contributed by atoms with van der Waals surface area (Å²) in [7, 11) is 0. The molecule has 1 N–H and O–H groups in total. The SMILES string of the molecule is N#Cc1cccc(Cn2nc(C(=O)O)ccc2=O)c1F. The topological polar surface area (TPSA) is 96.0 Å². The zero-order valence-electron chi connectivity index (χ0n) is 10.1. The Bertz CT molecular complexity index is 777. The number of carbonyl (C=O) groups is 1. The summed E-state index contributed by atoms with van der Waals surface area (Å²) in [5.41, 5.74) is -0.940. The maximum atomic E-state index is 13.9. The lowest BCUT2D eigenvalue weighted by Gasteiger charge is -2.07. The summed E-state index contributed by atoms with van der Waals surface area (Å²) < 4.78 is 14.7. The Kier molecular flexibility index (Phi) is 3.57. The van der Waals surface area contributed by atoms with Gasteiger partial charge in [-0.1, -0.05) is 12.1 Å². The molecular formula is C13H8FN3O3. The average Bonchev–Trinajstić information content (AvgIpc) is 2.43. The molecule has 7 heteroatoms. The second-order valence-corrected chi connectivity index (χ2v) is 3.91. The van der Waals surface area contributed by atoms with Gasteiger partial charge in [0, 0.05) is 11.6 Å². The molecular weight excluding hydrogens is 265 g/mol. The first-order valence-corrected chi connectivity index (χ1v) is 5.52. The highest BCUT2D eigenvalue weighted by Gasteiger charge is 2.11. The van der Waals surface area contributed by atoms with E-state index in [4.69, 9.17) is 10.4 Å². The first-order chi connectivity index (χ1) is 9.52. The molecule has 0 fully saturated rings. The highest BCUT2D eigenvalue weighted by atomic mass is 19.1. The van der Waals surface area contributed by atoms with E-state index in [-0.39, 0.29) is 23.4 Å². The molecule has 0 aliphatic carbocycles. The smallest absolute Gasteiger partial charge is 0.356 e. The number of aromatic carboxylic acids is 1. The van der Waals surface area contributed by atoms with Crippen molar-refractivity contribution >= 4 is 5.97 Å². The van der Waals surface area contributed by atoms with Crippen molar-refractivity contribution < 1.29 is 14.3 Å². The molecule has 0 bridgehead atoms. The Hall–Kier alpha value is -3.01. The summed E-state index contributed by atoms with van der Waals surface area (Å²) >= 11 is 0. The van der Waals surface area contributed by atoms with Crippen LogP contribution in [0, 0.1) is 17.1 Å². The molecule has 0 spiro atoms. The first kappa shape index (κ1) is 13.4. The summed E-state index contributed by atoms with van der Waals surface area (Å²) in [5, 5.41) is 21.2. The van der Waals surface area contributed by atoms with Crippen LogP contribution in [0.25, 0.3) is 0 Å². The number of hydrogen-bond donors (Lipinski definition) is 1. The second-order valence-electron chi connectivity index (χ2n) is 3.91. The van der Waals surface area contributed by atoms with Gasteiger partial charge in [-0.3, -0.25) is 4.79 Å². The molecule has 100 valence electrons. The maximum absolute atomic E-state index is 13.9. The zero-order chi connectivity index (χ0) is 14.7. The van der Waals surface area contributed by atoms with E-state index in [1.54, 1.807) is 6.07 Å². The number of carboxylic acids is 1. The summed E-state index contributed by atoms with van der Waals surface area (Å²) in [5.74, 6) is -2.03. The van der Waals surface area contributed by atoms with Crippen LogP contribution >= 0.6 is 0 Å². The van der Waals surface area contributed by atoms with Crippen LogP contribution in [-0.4, -0.2) is 20.9 Å².